The average molecular weight is 418 g/mol. The molecule has 0 aromatic heterocycles. The molecule has 27 heavy (non-hydrogen) atoms. The van der Waals surface area contributed by atoms with Crippen LogP contribution in [0.4, 0.5) is 18.9 Å². The maximum Gasteiger partial charge on any atom is 0.416 e. The first-order valence-corrected chi connectivity index (χ1v) is 8.91. The van der Waals surface area contributed by atoms with Crippen LogP contribution in [0, 0.1) is 6.92 Å². The second-order valence-corrected chi connectivity index (χ2v) is 6.58. The summed E-state index contributed by atoms with van der Waals surface area (Å²) in [6.45, 7) is 3.56. The highest BCUT2D eigenvalue weighted by atomic mass is 35.5. The van der Waals surface area contributed by atoms with Crippen LogP contribution >= 0.6 is 23.8 Å². The largest absolute Gasteiger partial charge is 0.487 e. The van der Waals surface area contributed by atoms with Gasteiger partial charge in [-0.15, -0.1) is 0 Å². The van der Waals surface area contributed by atoms with Gasteiger partial charge < -0.3 is 14.8 Å². The Hall–Kier alpha value is -1.99. The summed E-state index contributed by atoms with van der Waals surface area (Å²) in [6, 6.07) is 7.25. The average Bonchev–Trinajstić information content (AvgIpc) is 2.61. The molecule has 0 unspecified atom stereocenters. The summed E-state index contributed by atoms with van der Waals surface area (Å²) in [6.07, 6.45) is -3.75. The fourth-order valence-corrected chi connectivity index (χ4v) is 2.97. The molecule has 0 saturated heterocycles. The zero-order valence-electron chi connectivity index (χ0n) is 15.0. The fraction of sp³-hybridized carbons (Fsp3) is 0.316. The summed E-state index contributed by atoms with van der Waals surface area (Å²) >= 11 is 11.1. The maximum atomic E-state index is 13.4. The number of anilines is 1. The van der Waals surface area contributed by atoms with E-state index in [1.165, 1.54) is 19.2 Å². The number of thiocarbonyl (C=S) groups is 1. The molecule has 0 fully saturated rings. The van der Waals surface area contributed by atoms with E-state index in [2.05, 4.69) is 5.32 Å². The third-order valence-corrected chi connectivity index (χ3v) is 4.61. The van der Waals surface area contributed by atoms with Crippen LogP contribution in [0.1, 0.15) is 29.2 Å². The van der Waals surface area contributed by atoms with E-state index in [0.717, 1.165) is 23.6 Å². The van der Waals surface area contributed by atoms with Crippen LogP contribution < -0.4 is 10.1 Å². The minimum Gasteiger partial charge on any atom is -0.487 e. The van der Waals surface area contributed by atoms with Crippen molar-refractivity contribution >= 4 is 34.7 Å². The molecule has 0 heterocycles. The lowest BCUT2D eigenvalue weighted by atomic mass is 10.0. The van der Waals surface area contributed by atoms with Crippen LogP contribution in [0.5, 0.6) is 5.75 Å². The Morgan fingerprint density at radius 3 is 2.56 bits per heavy atom. The van der Waals surface area contributed by atoms with E-state index in [1.54, 1.807) is 12.1 Å². The third kappa shape index (κ3) is 5.26. The topological polar surface area (TPSA) is 30.5 Å². The van der Waals surface area contributed by atoms with Crippen molar-refractivity contribution in [3.63, 3.8) is 0 Å². The number of hydrogen-bond donors (Lipinski definition) is 1. The standard InChI is InChI=1S/C19H19ClF3NO2S/c1-4-12-9-15(20)17(8-11(12)2)26-10-13-14(19(21,22)23)6-5-7-16(13)24-18(27)25-3/h5-9H,4,10H2,1-3H3,(H,24,27). The summed E-state index contributed by atoms with van der Waals surface area (Å²) < 4.78 is 50.8. The van der Waals surface area contributed by atoms with E-state index >= 15 is 0 Å². The van der Waals surface area contributed by atoms with Crippen LogP contribution in [0.25, 0.3) is 0 Å². The van der Waals surface area contributed by atoms with Gasteiger partial charge in [0.25, 0.3) is 5.17 Å². The Kier molecular flexibility index (Phi) is 6.95. The monoisotopic (exact) mass is 417 g/mol. The minimum atomic E-state index is -4.54. The van der Waals surface area contributed by atoms with Crippen molar-refractivity contribution in [2.24, 2.45) is 0 Å². The van der Waals surface area contributed by atoms with Crippen LogP contribution in [-0.2, 0) is 23.9 Å². The first kappa shape index (κ1) is 21.3. The van der Waals surface area contributed by atoms with Gasteiger partial charge in [-0.1, -0.05) is 24.6 Å². The second-order valence-electron chi connectivity index (χ2n) is 5.80. The molecule has 2 rings (SSSR count). The molecule has 0 bridgehead atoms. The van der Waals surface area contributed by atoms with Crippen LogP contribution in [0.2, 0.25) is 5.02 Å². The van der Waals surface area contributed by atoms with Crippen molar-refractivity contribution < 1.29 is 22.6 Å². The van der Waals surface area contributed by atoms with Gasteiger partial charge in [0.2, 0.25) is 0 Å². The summed E-state index contributed by atoms with van der Waals surface area (Å²) in [7, 11) is 1.33. The van der Waals surface area contributed by atoms with E-state index in [9.17, 15) is 13.2 Å². The minimum absolute atomic E-state index is 0.0447. The molecule has 8 heteroatoms. The van der Waals surface area contributed by atoms with Gasteiger partial charge in [0.15, 0.2) is 0 Å². The lowest BCUT2D eigenvalue weighted by Gasteiger charge is -2.19. The van der Waals surface area contributed by atoms with Gasteiger partial charge in [-0.2, -0.15) is 13.2 Å². The zero-order valence-corrected chi connectivity index (χ0v) is 16.6. The lowest BCUT2D eigenvalue weighted by molar-refractivity contribution is -0.138. The predicted octanol–water partition coefficient (Wildman–Crippen LogP) is 6.15. The van der Waals surface area contributed by atoms with Crippen LogP contribution in [0.15, 0.2) is 30.3 Å². The van der Waals surface area contributed by atoms with Crippen molar-refractivity contribution in [3.8, 4) is 5.75 Å². The summed E-state index contributed by atoms with van der Waals surface area (Å²) in [5, 5.41) is 2.96. The molecule has 2 aromatic rings. The number of alkyl halides is 3. The number of methoxy groups -OCH3 is 1. The van der Waals surface area contributed by atoms with Gasteiger partial charge in [-0.3, -0.25) is 0 Å². The number of rotatable bonds is 5. The highest BCUT2D eigenvalue weighted by molar-refractivity contribution is 7.80. The molecule has 0 aliphatic rings. The highest BCUT2D eigenvalue weighted by Gasteiger charge is 2.34. The number of nitrogens with one attached hydrogen (secondary N) is 1. The summed E-state index contributed by atoms with van der Waals surface area (Å²) in [5.41, 5.74) is 1.27. The second kappa shape index (κ2) is 8.80. The molecule has 0 aliphatic heterocycles. The molecule has 3 nitrogen and oxygen atoms in total. The fourth-order valence-electron chi connectivity index (χ4n) is 2.62. The molecular weight excluding hydrogens is 399 g/mol. The first-order valence-electron chi connectivity index (χ1n) is 8.13. The van der Waals surface area contributed by atoms with Gasteiger partial charge >= 0.3 is 6.18 Å². The summed E-state index contributed by atoms with van der Waals surface area (Å²) in [5.74, 6) is 0.323. The van der Waals surface area contributed by atoms with Gasteiger partial charge in [-0.05, 0) is 61.0 Å². The van der Waals surface area contributed by atoms with Crippen molar-refractivity contribution in [2.75, 3.05) is 12.4 Å². The maximum absolute atomic E-state index is 13.4. The van der Waals surface area contributed by atoms with Gasteiger partial charge in [0, 0.05) is 11.3 Å². The third-order valence-electron chi connectivity index (χ3n) is 4.05. The van der Waals surface area contributed by atoms with Crippen LogP contribution in [-0.4, -0.2) is 12.3 Å². The highest BCUT2D eigenvalue weighted by Crippen LogP contribution is 2.37. The van der Waals surface area contributed by atoms with Crippen molar-refractivity contribution in [1.29, 1.82) is 0 Å². The number of hydrogen-bond acceptors (Lipinski definition) is 3. The molecule has 2 aromatic carbocycles. The van der Waals surface area contributed by atoms with Gasteiger partial charge in [-0.25, -0.2) is 0 Å². The van der Waals surface area contributed by atoms with Gasteiger partial charge in [0.05, 0.1) is 17.7 Å². The number of halogens is 4. The summed E-state index contributed by atoms with van der Waals surface area (Å²) in [4.78, 5) is 0. The number of benzene rings is 2. The quantitative estimate of drug-likeness (QED) is 0.591. The molecule has 0 aliphatic carbocycles. The Labute approximate surface area is 166 Å². The predicted molar refractivity (Wildman–Crippen MR) is 105 cm³/mol. The molecular formula is C19H19ClF3NO2S. The Bertz CT molecular complexity index is 840. The molecule has 1 N–H and O–H groups in total. The number of aryl methyl sites for hydroxylation is 2. The van der Waals surface area contributed by atoms with Gasteiger partial charge in [0.1, 0.15) is 12.4 Å². The normalized spacial score (nSPS) is 11.2. The molecule has 0 spiro atoms. The Morgan fingerprint density at radius 2 is 1.96 bits per heavy atom. The molecule has 0 atom stereocenters. The van der Waals surface area contributed by atoms with E-state index < -0.39 is 11.7 Å². The Balaban J connectivity index is 2.39. The molecule has 146 valence electrons. The van der Waals surface area contributed by atoms with E-state index in [-0.39, 0.29) is 23.0 Å². The Morgan fingerprint density at radius 1 is 1.26 bits per heavy atom. The smallest absolute Gasteiger partial charge is 0.416 e. The SMILES string of the molecule is CCc1cc(Cl)c(OCc2c(NC(=S)OC)cccc2C(F)(F)F)cc1C. The van der Waals surface area contributed by atoms with Crippen molar-refractivity contribution in [3.05, 3.63) is 57.6 Å². The van der Waals surface area contributed by atoms with Crippen molar-refractivity contribution in [1.82, 2.24) is 0 Å². The first-order chi connectivity index (χ1) is 12.7. The van der Waals surface area contributed by atoms with E-state index in [4.69, 9.17) is 33.3 Å². The molecule has 0 radical (unpaired) electrons. The number of ether oxygens (including phenoxy) is 2. The molecule has 0 saturated carbocycles. The zero-order chi connectivity index (χ0) is 20.2. The van der Waals surface area contributed by atoms with Crippen LogP contribution in [0.3, 0.4) is 0 Å². The van der Waals surface area contributed by atoms with E-state index in [1.807, 2.05) is 13.8 Å². The lowest BCUT2D eigenvalue weighted by Crippen LogP contribution is -2.17. The van der Waals surface area contributed by atoms with E-state index in [0.29, 0.717) is 10.8 Å². The molecule has 0 amide bonds. The van der Waals surface area contributed by atoms with Crippen molar-refractivity contribution in [2.45, 2.75) is 33.1 Å².